The molecule has 26 heavy (non-hydrogen) atoms. The summed E-state index contributed by atoms with van der Waals surface area (Å²) < 4.78 is 3.20. The van der Waals surface area contributed by atoms with Crippen molar-refractivity contribution in [3.8, 4) is 17.1 Å². The fourth-order valence-corrected chi connectivity index (χ4v) is 2.52. The van der Waals surface area contributed by atoms with Crippen LogP contribution in [0.5, 0.6) is 0 Å². The lowest BCUT2D eigenvalue weighted by Gasteiger charge is -2.08. The van der Waals surface area contributed by atoms with Crippen LogP contribution in [-0.2, 0) is 7.05 Å². The lowest BCUT2D eigenvalue weighted by Crippen LogP contribution is -2.12. The minimum Gasteiger partial charge on any atom is -0.322 e. The van der Waals surface area contributed by atoms with E-state index in [2.05, 4.69) is 30.9 Å². The standard InChI is InChI=1S/C17H14N8O/c1-24-16(21-22-23-24)13-3-2-4-14(9-13)20-17(26)12-5-7-15(8-6-12)25-11-18-10-19-25/h2-11H,1H3,(H,20,26). The number of aryl methyl sites for hydroxylation is 1. The quantitative estimate of drug-likeness (QED) is 0.603. The first kappa shape index (κ1) is 15.6. The first-order valence-corrected chi connectivity index (χ1v) is 7.80. The third-order valence-electron chi connectivity index (χ3n) is 3.81. The fraction of sp³-hybridized carbons (Fsp3) is 0.0588. The first-order valence-electron chi connectivity index (χ1n) is 7.80. The van der Waals surface area contributed by atoms with Gasteiger partial charge in [-0.15, -0.1) is 5.10 Å². The molecule has 0 unspecified atom stereocenters. The summed E-state index contributed by atoms with van der Waals surface area (Å²) in [6.45, 7) is 0. The van der Waals surface area contributed by atoms with Gasteiger partial charge >= 0.3 is 0 Å². The van der Waals surface area contributed by atoms with Crippen LogP contribution < -0.4 is 5.32 Å². The minimum absolute atomic E-state index is 0.205. The molecular weight excluding hydrogens is 332 g/mol. The summed E-state index contributed by atoms with van der Waals surface area (Å²) in [5, 5.41) is 18.4. The molecule has 1 N–H and O–H groups in total. The van der Waals surface area contributed by atoms with E-state index >= 15 is 0 Å². The lowest BCUT2D eigenvalue weighted by atomic mass is 10.1. The minimum atomic E-state index is -0.205. The number of nitrogens with one attached hydrogen (secondary N) is 1. The Labute approximate surface area is 148 Å². The second kappa shape index (κ2) is 6.55. The SMILES string of the molecule is Cn1nnnc1-c1cccc(NC(=O)c2ccc(-n3cncn3)cc2)c1. The summed E-state index contributed by atoms with van der Waals surface area (Å²) in [6.07, 6.45) is 3.06. The van der Waals surface area contributed by atoms with Crippen LogP contribution in [0.25, 0.3) is 17.1 Å². The molecule has 4 rings (SSSR count). The maximum absolute atomic E-state index is 12.5. The number of amides is 1. The van der Waals surface area contributed by atoms with Gasteiger partial charge in [-0.3, -0.25) is 4.79 Å². The van der Waals surface area contributed by atoms with Crippen molar-refractivity contribution in [3.63, 3.8) is 0 Å². The van der Waals surface area contributed by atoms with Gasteiger partial charge in [0.15, 0.2) is 5.82 Å². The Kier molecular flexibility index (Phi) is 3.94. The third kappa shape index (κ3) is 3.05. The topological polar surface area (TPSA) is 103 Å². The molecule has 0 saturated carbocycles. The predicted molar refractivity (Wildman–Crippen MR) is 93.5 cm³/mol. The molecule has 0 atom stereocenters. The van der Waals surface area contributed by atoms with Crippen molar-refractivity contribution in [2.45, 2.75) is 0 Å². The van der Waals surface area contributed by atoms with Crippen LogP contribution in [0.15, 0.2) is 61.2 Å². The maximum atomic E-state index is 12.5. The summed E-state index contributed by atoms with van der Waals surface area (Å²) in [5.41, 5.74) is 2.85. The Balaban J connectivity index is 1.52. The number of benzene rings is 2. The average molecular weight is 346 g/mol. The predicted octanol–water partition coefficient (Wildman–Crippen LogP) is 1.71. The Morgan fingerprint density at radius 3 is 2.65 bits per heavy atom. The second-order valence-corrected chi connectivity index (χ2v) is 5.55. The van der Waals surface area contributed by atoms with E-state index in [0.29, 0.717) is 17.1 Å². The van der Waals surface area contributed by atoms with Gasteiger partial charge < -0.3 is 5.32 Å². The summed E-state index contributed by atoms with van der Waals surface area (Å²) in [4.78, 5) is 16.4. The molecule has 2 heterocycles. The van der Waals surface area contributed by atoms with Gasteiger partial charge in [0, 0.05) is 23.9 Å². The number of carbonyl (C=O) groups is 1. The monoisotopic (exact) mass is 346 g/mol. The molecule has 128 valence electrons. The molecule has 4 aromatic rings. The van der Waals surface area contributed by atoms with Gasteiger partial charge in [0.05, 0.1) is 5.69 Å². The number of carbonyl (C=O) groups excluding carboxylic acids is 1. The molecule has 0 aliphatic rings. The fourth-order valence-electron chi connectivity index (χ4n) is 2.52. The van der Waals surface area contributed by atoms with E-state index in [0.717, 1.165) is 11.3 Å². The molecule has 0 aliphatic carbocycles. The molecule has 0 aliphatic heterocycles. The zero-order chi connectivity index (χ0) is 17.9. The highest BCUT2D eigenvalue weighted by molar-refractivity contribution is 6.04. The smallest absolute Gasteiger partial charge is 0.255 e. The van der Waals surface area contributed by atoms with E-state index in [1.807, 2.05) is 36.4 Å². The molecule has 0 saturated heterocycles. The lowest BCUT2D eigenvalue weighted by molar-refractivity contribution is 0.102. The number of anilines is 1. The molecule has 0 fully saturated rings. The number of hydrogen-bond donors (Lipinski definition) is 1. The van der Waals surface area contributed by atoms with Gasteiger partial charge in [-0.2, -0.15) is 5.10 Å². The van der Waals surface area contributed by atoms with E-state index in [1.54, 1.807) is 34.9 Å². The van der Waals surface area contributed by atoms with E-state index in [1.165, 1.54) is 6.33 Å². The van der Waals surface area contributed by atoms with Gasteiger partial charge in [-0.05, 0) is 46.8 Å². The van der Waals surface area contributed by atoms with Crippen molar-refractivity contribution in [2.75, 3.05) is 5.32 Å². The van der Waals surface area contributed by atoms with Crippen LogP contribution in [-0.4, -0.2) is 40.9 Å². The molecule has 0 spiro atoms. The molecule has 2 aromatic heterocycles. The number of nitrogens with zero attached hydrogens (tertiary/aromatic N) is 7. The van der Waals surface area contributed by atoms with Gasteiger partial charge in [0.1, 0.15) is 12.7 Å². The van der Waals surface area contributed by atoms with Gasteiger partial charge in [0.2, 0.25) is 0 Å². The van der Waals surface area contributed by atoms with Crippen molar-refractivity contribution in [3.05, 3.63) is 66.7 Å². The highest BCUT2D eigenvalue weighted by Crippen LogP contribution is 2.20. The van der Waals surface area contributed by atoms with E-state index in [4.69, 9.17) is 0 Å². The van der Waals surface area contributed by atoms with Crippen LogP contribution in [0.3, 0.4) is 0 Å². The van der Waals surface area contributed by atoms with E-state index in [-0.39, 0.29) is 5.91 Å². The van der Waals surface area contributed by atoms with Crippen molar-refractivity contribution >= 4 is 11.6 Å². The molecule has 9 heteroatoms. The molecule has 2 aromatic carbocycles. The summed E-state index contributed by atoms with van der Waals surface area (Å²) >= 11 is 0. The summed E-state index contributed by atoms with van der Waals surface area (Å²) in [5.74, 6) is 0.418. The van der Waals surface area contributed by atoms with Gasteiger partial charge in [-0.1, -0.05) is 12.1 Å². The van der Waals surface area contributed by atoms with Crippen molar-refractivity contribution in [1.29, 1.82) is 0 Å². The Hall–Kier alpha value is -3.88. The number of tetrazole rings is 1. The summed E-state index contributed by atoms with van der Waals surface area (Å²) in [6, 6.07) is 14.5. The second-order valence-electron chi connectivity index (χ2n) is 5.55. The zero-order valence-electron chi connectivity index (χ0n) is 13.8. The Bertz CT molecular complexity index is 1040. The molecular formula is C17H14N8O. The number of rotatable bonds is 4. The van der Waals surface area contributed by atoms with Gasteiger partial charge in [0.25, 0.3) is 5.91 Å². The third-order valence-corrected chi connectivity index (χ3v) is 3.81. The summed E-state index contributed by atoms with van der Waals surface area (Å²) in [7, 11) is 1.76. The van der Waals surface area contributed by atoms with Crippen LogP contribution in [0.2, 0.25) is 0 Å². The van der Waals surface area contributed by atoms with Gasteiger partial charge in [-0.25, -0.2) is 14.3 Å². The molecule has 1 amide bonds. The highest BCUT2D eigenvalue weighted by Gasteiger charge is 2.10. The van der Waals surface area contributed by atoms with Crippen molar-refractivity contribution < 1.29 is 4.79 Å². The molecule has 0 radical (unpaired) electrons. The van der Waals surface area contributed by atoms with Crippen LogP contribution in [0.1, 0.15) is 10.4 Å². The Morgan fingerprint density at radius 1 is 1.12 bits per heavy atom. The highest BCUT2D eigenvalue weighted by atomic mass is 16.1. The van der Waals surface area contributed by atoms with Crippen molar-refractivity contribution in [2.24, 2.45) is 7.05 Å². The van der Waals surface area contributed by atoms with E-state index in [9.17, 15) is 4.79 Å². The van der Waals surface area contributed by atoms with Crippen LogP contribution >= 0.6 is 0 Å². The number of aromatic nitrogens is 7. The molecule has 9 nitrogen and oxygen atoms in total. The Morgan fingerprint density at radius 2 is 1.96 bits per heavy atom. The normalized spacial score (nSPS) is 10.7. The zero-order valence-corrected chi connectivity index (χ0v) is 13.8. The van der Waals surface area contributed by atoms with E-state index < -0.39 is 0 Å². The largest absolute Gasteiger partial charge is 0.322 e. The first-order chi connectivity index (χ1) is 12.7. The van der Waals surface area contributed by atoms with Crippen molar-refractivity contribution in [1.82, 2.24) is 35.0 Å². The average Bonchev–Trinajstić information content (AvgIpc) is 3.34. The maximum Gasteiger partial charge on any atom is 0.255 e. The van der Waals surface area contributed by atoms with Crippen LogP contribution in [0, 0.1) is 0 Å². The number of hydrogen-bond acceptors (Lipinski definition) is 6. The van der Waals surface area contributed by atoms with Crippen LogP contribution in [0.4, 0.5) is 5.69 Å². The molecule has 0 bridgehead atoms.